The lowest BCUT2D eigenvalue weighted by Gasteiger charge is -2.19. The number of hydrogen-bond donors (Lipinski definition) is 0. The first kappa shape index (κ1) is 18.2. The Labute approximate surface area is 164 Å². The number of carbonyl (C=O) groups excluding carboxylic acids is 3. The summed E-state index contributed by atoms with van der Waals surface area (Å²) in [6, 6.07) is 13.9. The summed E-state index contributed by atoms with van der Waals surface area (Å²) in [5, 5.41) is 0. The molecule has 4 rings (SSSR count). The molecule has 144 valence electrons. The third-order valence-electron chi connectivity index (χ3n) is 5.48. The summed E-state index contributed by atoms with van der Waals surface area (Å²) < 4.78 is 0. The molecule has 2 aromatic carbocycles. The summed E-state index contributed by atoms with van der Waals surface area (Å²) in [5.74, 6) is -0.0774. The summed E-state index contributed by atoms with van der Waals surface area (Å²) >= 11 is 0. The van der Waals surface area contributed by atoms with Gasteiger partial charge in [0.05, 0.1) is 0 Å². The number of imide groups is 1. The van der Waals surface area contributed by atoms with E-state index >= 15 is 0 Å². The fourth-order valence-corrected chi connectivity index (χ4v) is 3.74. The number of benzene rings is 2. The third kappa shape index (κ3) is 3.05. The second-order valence-corrected chi connectivity index (χ2v) is 7.69. The molecule has 0 radical (unpaired) electrons. The molecule has 4 amide bonds. The highest BCUT2D eigenvalue weighted by molar-refractivity contribution is 6.01. The van der Waals surface area contributed by atoms with Crippen molar-refractivity contribution in [1.82, 2.24) is 14.7 Å². The average molecular weight is 377 g/mol. The van der Waals surface area contributed by atoms with Crippen molar-refractivity contribution < 1.29 is 14.4 Å². The minimum Gasteiger partial charge on any atom is -0.332 e. The molecule has 0 bridgehead atoms. The van der Waals surface area contributed by atoms with E-state index in [0.29, 0.717) is 13.1 Å². The van der Waals surface area contributed by atoms with E-state index in [0.717, 1.165) is 32.7 Å². The second-order valence-electron chi connectivity index (χ2n) is 7.69. The molecule has 1 saturated heterocycles. The summed E-state index contributed by atoms with van der Waals surface area (Å²) in [6.07, 6.45) is 0. The second kappa shape index (κ2) is 6.78. The van der Waals surface area contributed by atoms with Crippen LogP contribution in [-0.2, 0) is 17.9 Å². The molecular weight excluding hydrogens is 354 g/mol. The topological polar surface area (TPSA) is 60.9 Å². The lowest BCUT2D eigenvalue weighted by molar-refractivity contribution is -0.124. The Balaban J connectivity index is 1.51. The predicted octanol–water partition coefficient (Wildman–Crippen LogP) is 3.11. The number of likely N-dealkylation sites (N-methyl/N-ethyl adjacent to an activating group) is 1. The van der Waals surface area contributed by atoms with Gasteiger partial charge in [0.15, 0.2) is 0 Å². The fourth-order valence-electron chi connectivity index (χ4n) is 3.74. The number of nitrogens with zero attached hydrogens (tertiary/aromatic N) is 3. The fraction of sp³-hybridized carbons (Fsp3) is 0.318. The first-order valence-electron chi connectivity index (χ1n) is 9.44. The van der Waals surface area contributed by atoms with E-state index in [1.54, 1.807) is 4.90 Å². The molecule has 2 heterocycles. The number of rotatable bonds is 4. The highest BCUT2D eigenvalue weighted by Gasteiger charge is 2.32. The Morgan fingerprint density at radius 1 is 0.929 bits per heavy atom. The Morgan fingerprint density at radius 2 is 1.61 bits per heavy atom. The van der Waals surface area contributed by atoms with Crippen LogP contribution in [0.25, 0.3) is 11.1 Å². The SMILES string of the molecule is CC(C)N1Cc2cc(-c3ccc(CN4CC(=O)N(C)C4=O)cc3)ccc2C1=O. The van der Waals surface area contributed by atoms with Crippen LogP contribution in [0, 0.1) is 0 Å². The van der Waals surface area contributed by atoms with Gasteiger partial charge in [-0.25, -0.2) is 4.79 Å². The molecule has 0 atom stereocenters. The van der Waals surface area contributed by atoms with Gasteiger partial charge in [0, 0.05) is 31.7 Å². The van der Waals surface area contributed by atoms with Crippen LogP contribution in [0.3, 0.4) is 0 Å². The Morgan fingerprint density at radius 3 is 2.21 bits per heavy atom. The Kier molecular flexibility index (Phi) is 4.41. The Bertz CT molecular complexity index is 965. The van der Waals surface area contributed by atoms with Crippen LogP contribution >= 0.6 is 0 Å². The van der Waals surface area contributed by atoms with Crippen molar-refractivity contribution >= 4 is 17.8 Å². The van der Waals surface area contributed by atoms with E-state index < -0.39 is 0 Å². The van der Waals surface area contributed by atoms with Crippen molar-refractivity contribution in [3.8, 4) is 11.1 Å². The molecule has 0 N–H and O–H groups in total. The maximum absolute atomic E-state index is 12.4. The zero-order valence-corrected chi connectivity index (χ0v) is 16.3. The standard InChI is InChI=1S/C22H23N3O3/c1-14(2)25-12-18-10-17(8-9-19(18)21(25)27)16-6-4-15(5-7-16)11-24-13-20(26)23(3)22(24)28/h4-10,14H,11-13H2,1-3H3. The van der Waals surface area contributed by atoms with E-state index in [-0.39, 0.29) is 30.4 Å². The van der Waals surface area contributed by atoms with E-state index in [1.165, 1.54) is 7.05 Å². The van der Waals surface area contributed by atoms with Crippen LogP contribution in [0.1, 0.15) is 35.3 Å². The van der Waals surface area contributed by atoms with Crippen molar-refractivity contribution in [3.05, 3.63) is 59.2 Å². The highest BCUT2D eigenvalue weighted by Crippen LogP contribution is 2.30. The normalized spacial score (nSPS) is 16.6. The molecule has 2 aliphatic rings. The van der Waals surface area contributed by atoms with Crippen molar-refractivity contribution in [3.63, 3.8) is 0 Å². The zero-order chi connectivity index (χ0) is 20.0. The van der Waals surface area contributed by atoms with Gasteiger partial charge in [0.25, 0.3) is 5.91 Å². The van der Waals surface area contributed by atoms with Gasteiger partial charge >= 0.3 is 6.03 Å². The van der Waals surface area contributed by atoms with Gasteiger partial charge in [0.1, 0.15) is 6.54 Å². The number of amides is 4. The molecule has 0 aromatic heterocycles. The van der Waals surface area contributed by atoms with Gasteiger partial charge in [-0.1, -0.05) is 30.3 Å². The van der Waals surface area contributed by atoms with Crippen LogP contribution in [0.4, 0.5) is 4.79 Å². The van der Waals surface area contributed by atoms with Crippen LogP contribution in [0.15, 0.2) is 42.5 Å². The van der Waals surface area contributed by atoms with Crippen LogP contribution in [-0.4, -0.2) is 52.2 Å². The molecule has 0 aliphatic carbocycles. The van der Waals surface area contributed by atoms with E-state index in [4.69, 9.17) is 0 Å². The molecule has 2 aromatic rings. The Hall–Kier alpha value is -3.15. The quantitative estimate of drug-likeness (QED) is 0.769. The van der Waals surface area contributed by atoms with Gasteiger partial charge in [0.2, 0.25) is 5.91 Å². The molecule has 0 unspecified atom stereocenters. The summed E-state index contributed by atoms with van der Waals surface area (Å²) in [4.78, 5) is 40.7. The number of urea groups is 1. The molecule has 6 heteroatoms. The zero-order valence-electron chi connectivity index (χ0n) is 16.3. The molecule has 2 aliphatic heterocycles. The molecule has 0 saturated carbocycles. The predicted molar refractivity (Wildman–Crippen MR) is 105 cm³/mol. The summed E-state index contributed by atoms with van der Waals surface area (Å²) in [6.45, 7) is 5.25. The smallest absolute Gasteiger partial charge is 0.327 e. The van der Waals surface area contributed by atoms with Crippen LogP contribution in [0.5, 0.6) is 0 Å². The first-order chi connectivity index (χ1) is 13.3. The van der Waals surface area contributed by atoms with E-state index in [9.17, 15) is 14.4 Å². The monoisotopic (exact) mass is 377 g/mol. The minimum atomic E-state index is -0.257. The molecule has 0 spiro atoms. The van der Waals surface area contributed by atoms with Crippen LogP contribution < -0.4 is 0 Å². The maximum Gasteiger partial charge on any atom is 0.327 e. The molecular formula is C22H23N3O3. The number of fused-ring (bicyclic) bond motifs is 1. The van der Waals surface area contributed by atoms with E-state index in [2.05, 4.69) is 6.07 Å². The molecule has 28 heavy (non-hydrogen) atoms. The lowest BCUT2D eigenvalue weighted by atomic mass is 9.99. The highest BCUT2D eigenvalue weighted by atomic mass is 16.2. The summed E-state index contributed by atoms with van der Waals surface area (Å²) in [7, 11) is 1.51. The van der Waals surface area contributed by atoms with Crippen molar-refractivity contribution in [2.24, 2.45) is 0 Å². The van der Waals surface area contributed by atoms with Crippen molar-refractivity contribution in [1.29, 1.82) is 0 Å². The average Bonchev–Trinajstić information content (AvgIpc) is 3.14. The van der Waals surface area contributed by atoms with Gasteiger partial charge < -0.3 is 9.80 Å². The first-order valence-corrected chi connectivity index (χ1v) is 9.44. The van der Waals surface area contributed by atoms with Crippen LogP contribution in [0.2, 0.25) is 0 Å². The third-order valence-corrected chi connectivity index (χ3v) is 5.48. The minimum absolute atomic E-state index is 0.0988. The van der Waals surface area contributed by atoms with Gasteiger partial charge in [-0.15, -0.1) is 0 Å². The molecule has 1 fully saturated rings. The lowest BCUT2D eigenvalue weighted by Crippen LogP contribution is -2.30. The summed E-state index contributed by atoms with van der Waals surface area (Å²) in [5.41, 5.74) is 4.95. The van der Waals surface area contributed by atoms with E-state index in [1.807, 2.05) is 55.1 Å². The van der Waals surface area contributed by atoms with Crippen molar-refractivity contribution in [2.75, 3.05) is 13.6 Å². The number of hydrogen-bond acceptors (Lipinski definition) is 3. The van der Waals surface area contributed by atoms with Gasteiger partial charge in [-0.2, -0.15) is 0 Å². The number of carbonyl (C=O) groups is 3. The maximum atomic E-state index is 12.4. The van der Waals surface area contributed by atoms with Gasteiger partial charge in [-0.3, -0.25) is 14.5 Å². The van der Waals surface area contributed by atoms with Gasteiger partial charge in [-0.05, 0) is 48.2 Å². The van der Waals surface area contributed by atoms with Crippen molar-refractivity contribution in [2.45, 2.75) is 33.0 Å². The molecule has 6 nitrogen and oxygen atoms in total. The largest absolute Gasteiger partial charge is 0.332 e.